The number of aliphatic hydroxyl groups excluding tert-OH is 1. The number of hydrogen-bond donors (Lipinski definition) is 1. The summed E-state index contributed by atoms with van der Waals surface area (Å²) in [6, 6.07) is 14.2. The molecule has 0 bridgehead atoms. The van der Waals surface area contributed by atoms with Crippen LogP contribution in [0.4, 0.5) is 8.78 Å². The van der Waals surface area contributed by atoms with E-state index in [9.17, 15) is 14.3 Å². The number of rotatable bonds is 8. The van der Waals surface area contributed by atoms with Crippen LogP contribution in [0.25, 0.3) is 38.7 Å². The zero-order valence-electron chi connectivity index (χ0n) is 26.0. The molecule has 2 fully saturated rings. The van der Waals surface area contributed by atoms with Gasteiger partial charge >= 0.3 is 0 Å². The third-order valence-corrected chi connectivity index (χ3v) is 10.4. The number of carbonyl (C=O) groups is 1. The highest BCUT2D eigenvalue weighted by Crippen LogP contribution is 2.37. The average molecular weight is 642 g/mol. The number of thiazole rings is 1. The van der Waals surface area contributed by atoms with Crippen LogP contribution in [0.2, 0.25) is 0 Å². The SMILES string of the molecule is CCc1nc2ccc(C3CCN(CC(=O)N4CC(CO)C4)CC3)cn2c1-c1ccc(-c2nc(-c3ccc(F)cc3)cs2)c(C)c1F. The van der Waals surface area contributed by atoms with E-state index >= 15 is 4.39 Å². The van der Waals surface area contributed by atoms with Crippen molar-refractivity contribution in [2.45, 2.75) is 39.0 Å². The van der Waals surface area contributed by atoms with Crippen LogP contribution in [0.15, 0.2) is 60.1 Å². The first-order chi connectivity index (χ1) is 22.3. The highest BCUT2D eigenvalue weighted by molar-refractivity contribution is 7.13. The Bertz CT molecular complexity index is 1890. The van der Waals surface area contributed by atoms with Gasteiger partial charge in [-0.05, 0) is 92.7 Å². The van der Waals surface area contributed by atoms with Crippen molar-refractivity contribution in [3.8, 4) is 33.1 Å². The minimum Gasteiger partial charge on any atom is -0.396 e. The van der Waals surface area contributed by atoms with Gasteiger partial charge in [0.05, 0.1) is 23.6 Å². The maximum atomic E-state index is 16.3. The maximum absolute atomic E-state index is 16.3. The second-order valence-electron chi connectivity index (χ2n) is 12.5. The number of carbonyl (C=O) groups excluding carboxylic acids is 1. The molecule has 2 saturated heterocycles. The quantitative estimate of drug-likeness (QED) is 0.208. The smallest absolute Gasteiger partial charge is 0.236 e. The molecule has 0 aliphatic carbocycles. The number of amides is 1. The second-order valence-corrected chi connectivity index (χ2v) is 13.4. The van der Waals surface area contributed by atoms with Crippen molar-refractivity contribution >= 4 is 22.9 Å². The first-order valence-electron chi connectivity index (χ1n) is 16.0. The lowest BCUT2D eigenvalue weighted by Crippen LogP contribution is -2.54. The predicted molar refractivity (Wildman–Crippen MR) is 177 cm³/mol. The molecule has 2 aliphatic heterocycles. The maximum Gasteiger partial charge on any atom is 0.236 e. The van der Waals surface area contributed by atoms with E-state index < -0.39 is 0 Å². The van der Waals surface area contributed by atoms with Crippen molar-refractivity contribution in [3.63, 3.8) is 0 Å². The number of benzene rings is 2. The standard InChI is InChI=1S/C36H37F2N5O2S/c1-3-30-35(29-10-9-28(22(2)34(29)38)36-40-31(21-46-36)25-4-7-27(37)8-5-25)43-18-26(6-11-32(43)39-30)24-12-14-41(15-13-24)19-33(45)42-16-23(17-42)20-44/h4-11,18,21,23-24,44H,3,12-17,19-20H2,1-2H3. The Labute approximate surface area is 271 Å². The molecule has 238 valence electrons. The predicted octanol–water partition coefficient (Wildman–Crippen LogP) is 6.57. The summed E-state index contributed by atoms with van der Waals surface area (Å²) in [5.74, 6) is 0.123. The number of halogens is 2. The number of imidazole rings is 1. The molecule has 0 radical (unpaired) electrons. The van der Waals surface area contributed by atoms with Crippen LogP contribution in [0, 0.1) is 24.5 Å². The van der Waals surface area contributed by atoms with Gasteiger partial charge in [0.2, 0.25) is 5.91 Å². The summed E-state index contributed by atoms with van der Waals surface area (Å²) in [4.78, 5) is 26.3. The molecule has 7 nitrogen and oxygen atoms in total. The van der Waals surface area contributed by atoms with Crippen LogP contribution < -0.4 is 0 Å². The van der Waals surface area contributed by atoms with Crippen molar-refractivity contribution in [3.05, 3.63) is 88.6 Å². The average Bonchev–Trinajstić information content (AvgIpc) is 3.67. The number of piperidine rings is 1. The molecule has 0 atom stereocenters. The molecule has 5 aromatic rings. The summed E-state index contributed by atoms with van der Waals surface area (Å²) in [7, 11) is 0. The molecule has 46 heavy (non-hydrogen) atoms. The van der Waals surface area contributed by atoms with Crippen molar-refractivity contribution in [2.24, 2.45) is 5.92 Å². The van der Waals surface area contributed by atoms with Crippen molar-refractivity contribution in [2.75, 3.05) is 39.3 Å². The van der Waals surface area contributed by atoms with E-state index in [1.807, 2.05) is 39.8 Å². The fourth-order valence-electron chi connectivity index (χ4n) is 6.74. The molecule has 0 spiro atoms. The second kappa shape index (κ2) is 12.7. The number of pyridine rings is 1. The zero-order valence-corrected chi connectivity index (χ0v) is 26.9. The number of likely N-dealkylation sites (tertiary alicyclic amines) is 2. The highest BCUT2D eigenvalue weighted by atomic mass is 32.1. The molecule has 5 heterocycles. The molecule has 0 saturated carbocycles. The summed E-state index contributed by atoms with van der Waals surface area (Å²) >= 11 is 1.44. The minimum atomic E-state index is -0.298. The minimum absolute atomic E-state index is 0.142. The van der Waals surface area contributed by atoms with Crippen LogP contribution >= 0.6 is 11.3 Å². The zero-order chi connectivity index (χ0) is 31.9. The number of aryl methyl sites for hydroxylation is 1. The largest absolute Gasteiger partial charge is 0.396 e. The lowest BCUT2D eigenvalue weighted by molar-refractivity contribution is -0.139. The van der Waals surface area contributed by atoms with Crippen LogP contribution in [-0.4, -0.2) is 74.5 Å². The number of aliphatic hydroxyl groups is 1. The fourth-order valence-corrected chi connectivity index (χ4v) is 7.65. The van der Waals surface area contributed by atoms with Crippen molar-refractivity contribution < 1.29 is 18.7 Å². The van der Waals surface area contributed by atoms with Gasteiger partial charge in [0.1, 0.15) is 22.3 Å². The molecule has 1 amide bonds. The Morgan fingerprint density at radius 3 is 2.46 bits per heavy atom. The Morgan fingerprint density at radius 2 is 1.74 bits per heavy atom. The van der Waals surface area contributed by atoms with Crippen LogP contribution in [-0.2, 0) is 11.2 Å². The molecule has 1 N–H and O–H groups in total. The molecular formula is C36H37F2N5O2S. The monoisotopic (exact) mass is 641 g/mol. The molecule has 10 heteroatoms. The van der Waals surface area contributed by atoms with Gasteiger partial charge in [-0.1, -0.05) is 19.1 Å². The lowest BCUT2D eigenvalue weighted by atomic mass is 9.90. The van der Waals surface area contributed by atoms with Crippen LogP contribution in [0.3, 0.4) is 0 Å². The van der Waals surface area contributed by atoms with Gasteiger partial charge < -0.3 is 10.0 Å². The van der Waals surface area contributed by atoms with E-state index in [1.54, 1.807) is 19.1 Å². The van der Waals surface area contributed by atoms with E-state index in [2.05, 4.69) is 17.2 Å². The fraction of sp³-hybridized carbons (Fsp3) is 0.361. The first-order valence-corrected chi connectivity index (χ1v) is 16.8. The Morgan fingerprint density at radius 1 is 1.00 bits per heavy atom. The number of fused-ring (bicyclic) bond motifs is 1. The summed E-state index contributed by atoms with van der Waals surface area (Å²) < 4.78 is 31.8. The third-order valence-electron chi connectivity index (χ3n) is 9.55. The van der Waals surface area contributed by atoms with Crippen LogP contribution in [0.1, 0.15) is 42.5 Å². The summed E-state index contributed by atoms with van der Waals surface area (Å²) in [6.07, 6.45) is 4.68. The van der Waals surface area contributed by atoms with Gasteiger partial charge in [-0.3, -0.25) is 14.1 Å². The molecule has 7 rings (SSSR count). The van der Waals surface area contributed by atoms with Gasteiger partial charge in [-0.2, -0.15) is 0 Å². The van der Waals surface area contributed by atoms with E-state index in [4.69, 9.17) is 9.97 Å². The van der Waals surface area contributed by atoms with Crippen molar-refractivity contribution in [1.29, 1.82) is 0 Å². The number of nitrogens with zero attached hydrogens (tertiary/aromatic N) is 5. The summed E-state index contributed by atoms with van der Waals surface area (Å²) in [6.45, 7) is 7.41. The van der Waals surface area contributed by atoms with Gasteiger partial charge in [-0.25, -0.2) is 18.7 Å². The Balaban J connectivity index is 1.12. The van der Waals surface area contributed by atoms with E-state index in [0.29, 0.717) is 48.1 Å². The normalized spacial score (nSPS) is 16.3. The summed E-state index contributed by atoms with van der Waals surface area (Å²) in [5.41, 5.74) is 6.93. The topological polar surface area (TPSA) is 74.0 Å². The van der Waals surface area contributed by atoms with Gasteiger partial charge in [0.25, 0.3) is 0 Å². The Kier molecular flexibility index (Phi) is 8.44. The Hall–Kier alpha value is -3.99. The van der Waals surface area contributed by atoms with E-state index in [0.717, 1.165) is 59.8 Å². The number of hydrogen-bond acceptors (Lipinski definition) is 6. The lowest BCUT2D eigenvalue weighted by Gasteiger charge is -2.40. The molecule has 0 unspecified atom stereocenters. The number of aromatic nitrogens is 3. The van der Waals surface area contributed by atoms with Crippen molar-refractivity contribution in [1.82, 2.24) is 24.2 Å². The van der Waals surface area contributed by atoms with E-state index in [1.165, 1.54) is 29.0 Å². The summed E-state index contributed by atoms with van der Waals surface area (Å²) in [5, 5.41) is 11.9. The third kappa shape index (κ3) is 5.74. The van der Waals surface area contributed by atoms with Gasteiger partial charge in [0, 0.05) is 53.9 Å². The molecule has 2 aromatic carbocycles. The first kappa shape index (κ1) is 30.7. The highest BCUT2D eigenvalue weighted by Gasteiger charge is 2.32. The molecule has 3 aromatic heterocycles. The van der Waals surface area contributed by atoms with Gasteiger partial charge in [0.15, 0.2) is 0 Å². The van der Waals surface area contributed by atoms with Gasteiger partial charge in [-0.15, -0.1) is 11.3 Å². The molecular weight excluding hydrogens is 604 g/mol. The molecule has 2 aliphatic rings. The van der Waals surface area contributed by atoms with E-state index in [-0.39, 0.29) is 30.1 Å². The van der Waals surface area contributed by atoms with Crippen LogP contribution in [0.5, 0.6) is 0 Å².